The van der Waals surface area contributed by atoms with Crippen molar-refractivity contribution in [1.82, 2.24) is 19.6 Å². The number of para-hydroxylation sites is 1. The topological polar surface area (TPSA) is 59.8 Å². The van der Waals surface area contributed by atoms with E-state index in [4.69, 9.17) is 14.6 Å². The molecule has 7 heteroatoms. The first-order valence-electron chi connectivity index (χ1n) is 11.6. The highest BCUT2D eigenvalue weighted by Gasteiger charge is 2.28. The van der Waals surface area contributed by atoms with Gasteiger partial charge in [-0.3, -0.25) is 9.69 Å². The zero-order chi connectivity index (χ0) is 22.6. The summed E-state index contributed by atoms with van der Waals surface area (Å²) < 4.78 is 12.9. The lowest BCUT2D eigenvalue weighted by molar-refractivity contribution is 0.0433. The Kier molecular flexibility index (Phi) is 6.41. The van der Waals surface area contributed by atoms with Gasteiger partial charge in [0.25, 0.3) is 5.91 Å². The molecule has 1 aromatic heterocycles. The molecule has 2 aliphatic rings. The Bertz CT molecular complexity index is 1070. The smallest absolute Gasteiger partial charge is 0.257 e. The van der Waals surface area contributed by atoms with Crippen LogP contribution < -0.4 is 4.74 Å². The molecule has 2 fully saturated rings. The molecule has 2 aliphatic heterocycles. The summed E-state index contributed by atoms with van der Waals surface area (Å²) in [5.41, 5.74) is 3.13. The van der Waals surface area contributed by atoms with Crippen LogP contribution in [0.15, 0.2) is 60.8 Å². The summed E-state index contributed by atoms with van der Waals surface area (Å²) in [6.07, 6.45) is 4.50. The van der Waals surface area contributed by atoms with Crippen molar-refractivity contribution in [3.05, 3.63) is 66.4 Å². The molecular formula is C26H30N4O3. The van der Waals surface area contributed by atoms with Gasteiger partial charge in [-0.15, -0.1) is 0 Å². The van der Waals surface area contributed by atoms with Gasteiger partial charge in [-0.2, -0.15) is 5.10 Å². The Hall–Kier alpha value is -3.16. The van der Waals surface area contributed by atoms with Gasteiger partial charge in [0.1, 0.15) is 11.4 Å². The van der Waals surface area contributed by atoms with Crippen molar-refractivity contribution in [2.45, 2.75) is 18.9 Å². The first kappa shape index (κ1) is 21.7. The highest BCUT2D eigenvalue weighted by molar-refractivity contribution is 6.00. The molecule has 0 spiro atoms. The van der Waals surface area contributed by atoms with E-state index < -0.39 is 0 Å². The minimum atomic E-state index is 0.0276. The number of methoxy groups -OCH3 is 1. The molecule has 2 aromatic carbocycles. The third-order valence-electron chi connectivity index (χ3n) is 6.47. The number of carbonyl (C=O) groups is 1. The molecule has 0 saturated carbocycles. The quantitative estimate of drug-likeness (QED) is 0.580. The summed E-state index contributed by atoms with van der Waals surface area (Å²) in [4.78, 5) is 18.0. The molecule has 7 nitrogen and oxygen atoms in total. The molecule has 0 aliphatic carbocycles. The summed E-state index contributed by atoms with van der Waals surface area (Å²) in [6, 6.07) is 17.6. The Morgan fingerprint density at radius 3 is 2.48 bits per heavy atom. The number of amides is 1. The molecule has 172 valence electrons. The minimum absolute atomic E-state index is 0.0276. The fourth-order valence-electron chi connectivity index (χ4n) is 4.59. The fraction of sp³-hybridized carbons (Fsp3) is 0.385. The zero-order valence-corrected chi connectivity index (χ0v) is 19.0. The van der Waals surface area contributed by atoms with Crippen molar-refractivity contribution >= 4 is 5.91 Å². The van der Waals surface area contributed by atoms with E-state index in [0.717, 1.165) is 56.1 Å². The van der Waals surface area contributed by atoms with E-state index in [1.807, 2.05) is 65.7 Å². The standard InChI is InChI=1S/C26H30N4O3/c1-32-22-11-9-20(10-12-22)25-24(19-30(27-25)21-6-3-2-4-7-21)26(31)29-15-13-28(14-16-29)18-23-8-5-17-33-23/h2-4,6-7,9-12,19,23H,5,8,13-18H2,1H3. The Labute approximate surface area is 194 Å². The van der Waals surface area contributed by atoms with Gasteiger partial charge in [0, 0.05) is 51.1 Å². The molecule has 3 heterocycles. The Morgan fingerprint density at radius 2 is 1.82 bits per heavy atom. The van der Waals surface area contributed by atoms with E-state index in [0.29, 0.717) is 30.5 Å². The lowest BCUT2D eigenvalue weighted by Crippen LogP contribution is -2.50. The maximum Gasteiger partial charge on any atom is 0.257 e. The van der Waals surface area contributed by atoms with E-state index in [1.54, 1.807) is 11.8 Å². The predicted molar refractivity (Wildman–Crippen MR) is 127 cm³/mol. The van der Waals surface area contributed by atoms with Gasteiger partial charge in [-0.25, -0.2) is 4.68 Å². The van der Waals surface area contributed by atoms with Gasteiger partial charge in [0.2, 0.25) is 0 Å². The number of rotatable bonds is 6. The van der Waals surface area contributed by atoms with Crippen molar-refractivity contribution < 1.29 is 14.3 Å². The highest BCUT2D eigenvalue weighted by atomic mass is 16.5. The monoisotopic (exact) mass is 446 g/mol. The second kappa shape index (κ2) is 9.77. The van der Waals surface area contributed by atoms with Crippen molar-refractivity contribution in [2.75, 3.05) is 46.4 Å². The molecule has 1 atom stereocenters. The molecule has 3 aromatic rings. The maximum atomic E-state index is 13.6. The van der Waals surface area contributed by atoms with Crippen LogP contribution in [0.5, 0.6) is 5.75 Å². The van der Waals surface area contributed by atoms with Crippen LogP contribution in [-0.4, -0.2) is 78.0 Å². The molecule has 1 unspecified atom stereocenters. The molecule has 0 radical (unpaired) electrons. The van der Waals surface area contributed by atoms with Crippen LogP contribution in [0.2, 0.25) is 0 Å². The third-order valence-corrected chi connectivity index (χ3v) is 6.47. The largest absolute Gasteiger partial charge is 0.497 e. The zero-order valence-electron chi connectivity index (χ0n) is 19.0. The number of carbonyl (C=O) groups excluding carboxylic acids is 1. The van der Waals surface area contributed by atoms with Gasteiger partial charge < -0.3 is 14.4 Å². The minimum Gasteiger partial charge on any atom is -0.497 e. The summed E-state index contributed by atoms with van der Waals surface area (Å²) in [5, 5.41) is 4.81. The molecule has 5 rings (SSSR count). The number of aromatic nitrogens is 2. The van der Waals surface area contributed by atoms with Gasteiger partial charge in [0.05, 0.1) is 24.5 Å². The predicted octanol–water partition coefficient (Wildman–Crippen LogP) is 3.48. The van der Waals surface area contributed by atoms with E-state index in [9.17, 15) is 4.79 Å². The summed E-state index contributed by atoms with van der Waals surface area (Å²) in [7, 11) is 1.65. The van der Waals surface area contributed by atoms with Crippen molar-refractivity contribution in [3.63, 3.8) is 0 Å². The Balaban J connectivity index is 1.37. The number of hydrogen-bond donors (Lipinski definition) is 0. The van der Waals surface area contributed by atoms with Crippen molar-refractivity contribution in [3.8, 4) is 22.7 Å². The molecule has 0 N–H and O–H groups in total. The van der Waals surface area contributed by atoms with E-state index in [1.165, 1.54) is 0 Å². The van der Waals surface area contributed by atoms with E-state index in [2.05, 4.69) is 4.90 Å². The van der Waals surface area contributed by atoms with Crippen LogP contribution in [0.1, 0.15) is 23.2 Å². The van der Waals surface area contributed by atoms with Crippen LogP contribution in [0.25, 0.3) is 16.9 Å². The third kappa shape index (κ3) is 4.79. The number of benzene rings is 2. The number of hydrogen-bond acceptors (Lipinski definition) is 5. The SMILES string of the molecule is COc1ccc(-c2nn(-c3ccccc3)cc2C(=O)N2CCN(CC3CCCO3)CC2)cc1. The van der Waals surface area contributed by atoms with Gasteiger partial charge in [0.15, 0.2) is 0 Å². The van der Waals surface area contributed by atoms with Crippen LogP contribution in [0.4, 0.5) is 0 Å². The highest BCUT2D eigenvalue weighted by Crippen LogP contribution is 2.27. The molecule has 0 bridgehead atoms. The molecule has 1 amide bonds. The first-order valence-corrected chi connectivity index (χ1v) is 11.6. The van der Waals surface area contributed by atoms with Crippen LogP contribution >= 0.6 is 0 Å². The lowest BCUT2D eigenvalue weighted by atomic mass is 10.1. The number of piperazine rings is 1. The average Bonchev–Trinajstić information content (AvgIpc) is 3.55. The summed E-state index contributed by atoms with van der Waals surface area (Å²) in [6.45, 7) is 5.01. The van der Waals surface area contributed by atoms with Crippen molar-refractivity contribution in [2.24, 2.45) is 0 Å². The second-order valence-corrected chi connectivity index (χ2v) is 8.63. The number of nitrogens with zero attached hydrogens (tertiary/aromatic N) is 4. The molecule has 2 saturated heterocycles. The number of ether oxygens (including phenoxy) is 2. The van der Waals surface area contributed by atoms with Crippen LogP contribution in [0, 0.1) is 0 Å². The van der Waals surface area contributed by atoms with Gasteiger partial charge in [-0.1, -0.05) is 18.2 Å². The van der Waals surface area contributed by atoms with Gasteiger partial charge >= 0.3 is 0 Å². The van der Waals surface area contributed by atoms with E-state index >= 15 is 0 Å². The lowest BCUT2D eigenvalue weighted by Gasteiger charge is -2.35. The Morgan fingerprint density at radius 1 is 1.06 bits per heavy atom. The second-order valence-electron chi connectivity index (χ2n) is 8.63. The van der Waals surface area contributed by atoms with E-state index in [-0.39, 0.29) is 5.91 Å². The summed E-state index contributed by atoms with van der Waals surface area (Å²) in [5.74, 6) is 0.802. The van der Waals surface area contributed by atoms with Gasteiger partial charge in [-0.05, 0) is 49.2 Å². The molecular weight excluding hydrogens is 416 g/mol. The first-order chi connectivity index (χ1) is 16.2. The van der Waals surface area contributed by atoms with Crippen LogP contribution in [-0.2, 0) is 4.74 Å². The fourth-order valence-corrected chi connectivity index (χ4v) is 4.59. The van der Waals surface area contributed by atoms with Crippen LogP contribution in [0.3, 0.4) is 0 Å². The maximum absolute atomic E-state index is 13.6. The normalized spacial score (nSPS) is 19.1. The average molecular weight is 447 g/mol. The van der Waals surface area contributed by atoms with Crippen molar-refractivity contribution in [1.29, 1.82) is 0 Å². The molecule has 33 heavy (non-hydrogen) atoms. The summed E-state index contributed by atoms with van der Waals surface area (Å²) >= 11 is 0.